The van der Waals surface area contributed by atoms with Crippen LogP contribution in [0.5, 0.6) is 0 Å². The Hall–Kier alpha value is -1.15. The van der Waals surface area contributed by atoms with E-state index in [2.05, 4.69) is 5.32 Å². The van der Waals surface area contributed by atoms with Crippen LogP contribution in [0, 0.1) is 6.92 Å². The van der Waals surface area contributed by atoms with E-state index in [-0.39, 0.29) is 29.3 Å². The molecular weight excluding hydrogens is 398 g/mol. The van der Waals surface area contributed by atoms with Gasteiger partial charge >= 0.3 is 0 Å². The second kappa shape index (κ2) is 9.11. The smallest absolute Gasteiger partial charge is 0.254 e. The molecule has 0 aliphatic carbocycles. The van der Waals surface area contributed by atoms with E-state index >= 15 is 0 Å². The van der Waals surface area contributed by atoms with Gasteiger partial charge in [-0.3, -0.25) is 4.79 Å². The number of sulfonamides is 1. The van der Waals surface area contributed by atoms with E-state index in [1.165, 1.54) is 17.1 Å². The lowest BCUT2D eigenvalue weighted by Gasteiger charge is -2.36. The van der Waals surface area contributed by atoms with Gasteiger partial charge in [0.05, 0.1) is 4.90 Å². The zero-order chi connectivity index (χ0) is 19.8. The Morgan fingerprint density at radius 1 is 1.14 bits per heavy atom. The van der Waals surface area contributed by atoms with E-state index in [0.717, 1.165) is 18.4 Å². The number of piperidine rings is 1. The molecule has 0 aromatic heterocycles. The van der Waals surface area contributed by atoms with Crippen molar-refractivity contribution in [2.75, 3.05) is 20.1 Å². The Balaban J connectivity index is 0.00000280. The molecule has 3 rings (SSSR count). The van der Waals surface area contributed by atoms with E-state index in [1.807, 2.05) is 32.7 Å². The fourth-order valence-electron chi connectivity index (χ4n) is 4.40. The van der Waals surface area contributed by atoms with Gasteiger partial charge in [0, 0.05) is 43.8 Å². The molecule has 2 heterocycles. The molecule has 1 aromatic carbocycles. The first-order chi connectivity index (χ1) is 12.8. The summed E-state index contributed by atoms with van der Waals surface area (Å²) < 4.78 is 27.1. The Morgan fingerprint density at radius 2 is 1.71 bits per heavy atom. The SMILES string of the molecule is CCN(CC)S(=O)(=O)c1ccc(C)c(C(=O)N(C)C2CC3CCC(C2)N3)c1.Cl. The van der Waals surface area contributed by atoms with Gasteiger partial charge in [-0.25, -0.2) is 8.42 Å². The van der Waals surface area contributed by atoms with E-state index in [0.29, 0.717) is 30.7 Å². The minimum Gasteiger partial charge on any atom is -0.339 e. The fourth-order valence-corrected chi connectivity index (χ4v) is 5.89. The van der Waals surface area contributed by atoms with Gasteiger partial charge in [0.15, 0.2) is 0 Å². The summed E-state index contributed by atoms with van der Waals surface area (Å²) in [7, 11) is -1.73. The number of rotatable bonds is 6. The Kier molecular flexibility index (Phi) is 7.53. The van der Waals surface area contributed by atoms with Gasteiger partial charge in [0.1, 0.15) is 0 Å². The molecule has 2 saturated heterocycles. The predicted molar refractivity (Wildman–Crippen MR) is 114 cm³/mol. The number of halogens is 1. The van der Waals surface area contributed by atoms with Crippen LogP contribution in [0.2, 0.25) is 0 Å². The Bertz CT molecular complexity index is 799. The van der Waals surface area contributed by atoms with E-state index in [9.17, 15) is 13.2 Å². The molecule has 2 aliphatic heterocycles. The van der Waals surface area contributed by atoms with Gasteiger partial charge < -0.3 is 10.2 Å². The van der Waals surface area contributed by atoms with Crippen LogP contribution in [0.4, 0.5) is 0 Å². The van der Waals surface area contributed by atoms with Crippen molar-refractivity contribution in [3.05, 3.63) is 29.3 Å². The van der Waals surface area contributed by atoms with Gasteiger partial charge in [0.2, 0.25) is 10.0 Å². The highest BCUT2D eigenvalue weighted by Crippen LogP contribution is 2.30. The number of benzene rings is 1. The summed E-state index contributed by atoms with van der Waals surface area (Å²) in [5.74, 6) is -0.0876. The number of carbonyl (C=O) groups is 1. The van der Waals surface area contributed by atoms with Crippen molar-refractivity contribution in [3.63, 3.8) is 0 Å². The highest BCUT2D eigenvalue weighted by atomic mass is 35.5. The first-order valence-corrected chi connectivity index (χ1v) is 11.4. The zero-order valence-corrected chi connectivity index (χ0v) is 18.8. The lowest BCUT2D eigenvalue weighted by atomic mass is 9.97. The highest BCUT2D eigenvalue weighted by Gasteiger charge is 2.37. The summed E-state index contributed by atoms with van der Waals surface area (Å²) in [4.78, 5) is 15.2. The lowest BCUT2D eigenvalue weighted by Crippen LogP contribution is -2.48. The number of aryl methyl sites for hydroxylation is 1. The molecule has 28 heavy (non-hydrogen) atoms. The van der Waals surface area contributed by atoms with Crippen LogP contribution >= 0.6 is 12.4 Å². The summed E-state index contributed by atoms with van der Waals surface area (Å²) >= 11 is 0. The third-order valence-electron chi connectivity index (χ3n) is 6.10. The molecule has 1 N–H and O–H groups in total. The van der Waals surface area contributed by atoms with Crippen LogP contribution in [0.15, 0.2) is 23.1 Å². The topological polar surface area (TPSA) is 69.7 Å². The molecule has 0 spiro atoms. The standard InChI is InChI=1S/C20H31N3O3S.ClH/c1-5-23(6-2)27(25,26)18-10-7-14(3)19(13-18)20(24)22(4)17-11-15-8-9-16(12-17)21-15;/h7,10,13,15-17,21H,5-6,8-9,11-12H2,1-4H3;1H. The molecule has 2 fully saturated rings. The molecule has 2 unspecified atom stereocenters. The van der Waals surface area contributed by atoms with Crippen molar-refractivity contribution in [1.82, 2.24) is 14.5 Å². The van der Waals surface area contributed by atoms with Crippen LogP contribution in [0.3, 0.4) is 0 Å². The number of fused-ring (bicyclic) bond motifs is 2. The van der Waals surface area contributed by atoms with Crippen LogP contribution in [-0.2, 0) is 10.0 Å². The molecule has 1 amide bonds. The molecule has 2 aliphatic rings. The molecule has 8 heteroatoms. The second-order valence-electron chi connectivity index (χ2n) is 7.75. The van der Waals surface area contributed by atoms with Gasteiger partial charge in [0.25, 0.3) is 5.91 Å². The van der Waals surface area contributed by atoms with E-state index < -0.39 is 10.0 Å². The van der Waals surface area contributed by atoms with Crippen LogP contribution < -0.4 is 5.32 Å². The summed E-state index contributed by atoms with van der Waals surface area (Å²) in [6, 6.07) is 6.10. The van der Waals surface area contributed by atoms with Gasteiger partial charge in [-0.1, -0.05) is 19.9 Å². The molecular formula is C20H32ClN3O3S. The largest absolute Gasteiger partial charge is 0.339 e. The monoisotopic (exact) mass is 429 g/mol. The first-order valence-electron chi connectivity index (χ1n) is 9.91. The van der Waals surface area contributed by atoms with Crippen molar-refractivity contribution in [2.45, 2.75) is 69.5 Å². The maximum absolute atomic E-state index is 13.2. The number of nitrogens with zero attached hydrogens (tertiary/aromatic N) is 2. The Morgan fingerprint density at radius 3 is 2.25 bits per heavy atom. The van der Waals surface area contributed by atoms with E-state index in [1.54, 1.807) is 18.2 Å². The second-order valence-corrected chi connectivity index (χ2v) is 9.68. The minimum atomic E-state index is -3.58. The number of hydrogen-bond donors (Lipinski definition) is 1. The van der Waals surface area contributed by atoms with Crippen LogP contribution in [-0.4, -0.2) is 61.8 Å². The molecule has 2 atom stereocenters. The summed E-state index contributed by atoms with van der Waals surface area (Å²) in [6.07, 6.45) is 4.30. The first kappa shape index (κ1) is 23.1. The van der Waals surface area contributed by atoms with Crippen molar-refractivity contribution in [1.29, 1.82) is 0 Å². The fraction of sp³-hybridized carbons (Fsp3) is 0.650. The maximum atomic E-state index is 13.2. The normalized spacial score (nSPS) is 24.1. The van der Waals surface area contributed by atoms with Crippen molar-refractivity contribution >= 4 is 28.3 Å². The molecule has 2 bridgehead atoms. The molecule has 0 radical (unpaired) electrons. The average Bonchev–Trinajstić information content (AvgIpc) is 2.99. The summed E-state index contributed by atoms with van der Waals surface area (Å²) in [5, 5.41) is 3.60. The number of nitrogens with one attached hydrogen (secondary N) is 1. The van der Waals surface area contributed by atoms with Crippen LogP contribution in [0.25, 0.3) is 0 Å². The highest BCUT2D eigenvalue weighted by molar-refractivity contribution is 7.89. The van der Waals surface area contributed by atoms with Crippen molar-refractivity contribution in [2.24, 2.45) is 0 Å². The van der Waals surface area contributed by atoms with Crippen molar-refractivity contribution < 1.29 is 13.2 Å². The van der Waals surface area contributed by atoms with E-state index in [4.69, 9.17) is 0 Å². The quantitative estimate of drug-likeness (QED) is 0.754. The molecule has 0 saturated carbocycles. The van der Waals surface area contributed by atoms with Gasteiger partial charge in [-0.05, 0) is 50.3 Å². The zero-order valence-electron chi connectivity index (χ0n) is 17.1. The number of carbonyl (C=O) groups excluding carboxylic acids is 1. The van der Waals surface area contributed by atoms with Gasteiger partial charge in [-0.2, -0.15) is 4.31 Å². The molecule has 158 valence electrons. The predicted octanol–water partition coefficient (Wildman–Crippen LogP) is 2.80. The number of amides is 1. The molecule has 1 aromatic rings. The third-order valence-corrected chi connectivity index (χ3v) is 8.14. The summed E-state index contributed by atoms with van der Waals surface area (Å²) in [5.41, 5.74) is 1.29. The third kappa shape index (κ3) is 4.37. The van der Waals surface area contributed by atoms with Crippen molar-refractivity contribution in [3.8, 4) is 0 Å². The van der Waals surface area contributed by atoms with Gasteiger partial charge in [-0.15, -0.1) is 12.4 Å². The average molecular weight is 430 g/mol. The lowest BCUT2D eigenvalue weighted by molar-refractivity contribution is 0.0680. The minimum absolute atomic E-state index is 0. The Labute approximate surface area is 175 Å². The number of hydrogen-bond acceptors (Lipinski definition) is 4. The van der Waals surface area contributed by atoms with Crippen LogP contribution in [0.1, 0.15) is 55.5 Å². The summed E-state index contributed by atoms with van der Waals surface area (Å²) in [6.45, 7) is 6.32. The molecule has 6 nitrogen and oxygen atoms in total. The maximum Gasteiger partial charge on any atom is 0.254 e.